The summed E-state index contributed by atoms with van der Waals surface area (Å²) in [5, 5.41) is 3.41. The van der Waals surface area contributed by atoms with Crippen LogP contribution in [0.5, 0.6) is 0 Å². The summed E-state index contributed by atoms with van der Waals surface area (Å²) in [4.78, 5) is 42.8. The largest absolute Gasteiger partial charge is 0.302 e. The van der Waals surface area contributed by atoms with E-state index in [1.807, 2.05) is 6.07 Å². The van der Waals surface area contributed by atoms with Crippen molar-refractivity contribution in [2.45, 2.75) is 39.0 Å². The van der Waals surface area contributed by atoms with Crippen LogP contribution in [0.1, 0.15) is 65.3 Å². The molecular weight excluding hydrogens is 398 g/mol. The minimum Gasteiger partial charge on any atom is -0.302 e. The van der Waals surface area contributed by atoms with Crippen LogP contribution in [0.15, 0.2) is 42.5 Å². The van der Waals surface area contributed by atoms with Gasteiger partial charge in [0.15, 0.2) is 5.13 Å². The van der Waals surface area contributed by atoms with Crippen LogP contribution in [0, 0.1) is 0 Å². The number of thiazole rings is 1. The predicted molar refractivity (Wildman–Crippen MR) is 118 cm³/mol. The van der Waals surface area contributed by atoms with E-state index in [9.17, 15) is 14.4 Å². The number of imide groups is 1. The minimum absolute atomic E-state index is 0.173. The molecule has 1 aliphatic heterocycles. The standard InChI is InChI=1S/C23H23N3O3S/c1-3-14(2)15-10-11-18-19(13-15)30-23(24-18)25-20(27)9-6-12-26-21(28)16-7-4-5-8-17(16)22(26)29/h4-5,7-8,10-11,13-14H,3,6,9,12H2,1-2H3,(H,24,25,27). The van der Waals surface area contributed by atoms with Gasteiger partial charge < -0.3 is 5.32 Å². The maximum absolute atomic E-state index is 12.4. The molecule has 1 atom stereocenters. The lowest BCUT2D eigenvalue weighted by atomic mass is 9.99. The Balaban J connectivity index is 1.33. The molecule has 0 aliphatic carbocycles. The summed E-state index contributed by atoms with van der Waals surface area (Å²) in [6.07, 6.45) is 1.68. The second kappa shape index (κ2) is 8.36. The summed E-state index contributed by atoms with van der Waals surface area (Å²) in [6.45, 7) is 4.58. The number of amides is 3. The third kappa shape index (κ3) is 3.85. The lowest BCUT2D eigenvalue weighted by Gasteiger charge is -2.13. The zero-order valence-corrected chi connectivity index (χ0v) is 17.8. The Labute approximate surface area is 178 Å². The van der Waals surface area contributed by atoms with Gasteiger partial charge in [0.05, 0.1) is 21.3 Å². The van der Waals surface area contributed by atoms with Crippen molar-refractivity contribution in [1.29, 1.82) is 0 Å². The van der Waals surface area contributed by atoms with Crippen LogP contribution in [0.2, 0.25) is 0 Å². The molecule has 3 aromatic rings. The number of carbonyl (C=O) groups excluding carboxylic acids is 3. The maximum atomic E-state index is 12.4. The van der Waals surface area contributed by atoms with Crippen LogP contribution >= 0.6 is 11.3 Å². The zero-order chi connectivity index (χ0) is 21.3. The molecule has 0 fully saturated rings. The van der Waals surface area contributed by atoms with Crippen LogP contribution < -0.4 is 5.32 Å². The topological polar surface area (TPSA) is 79.4 Å². The summed E-state index contributed by atoms with van der Waals surface area (Å²) in [5.74, 6) is -0.275. The fraction of sp³-hybridized carbons (Fsp3) is 0.304. The molecule has 1 aliphatic rings. The number of fused-ring (bicyclic) bond motifs is 2. The van der Waals surface area contributed by atoms with Crippen molar-refractivity contribution in [3.05, 3.63) is 59.2 Å². The number of benzene rings is 2. The zero-order valence-electron chi connectivity index (χ0n) is 17.0. The first-order chi connectivity index (χ1) is 14.5. The first kappa shape index (κ1) is 20.2. The van der Waals surface area contributed by atoms with Crippen molar-refractivity contribution in [3.8, 4) is 0 Å². The quantitative estimate of drug-likeness (QED) is 0.555. The number of hydrogen-bond acceptors (Lipinski definition) is 5. The molecule has 30 heavy (non-hydrogen) atoms. The van der Waals surface area contributed by atoms with Crippen LogP contribution in [0.25, 0.3) is 10.2 Å². The Morgan fingerprint density at radius 3 is 2.50 bits per heavy atom. The Morgan fingerprint density at radius 2 is 1.83 bits per heavy atom. The average molecular weight is 422 g/mol. The Hall–Kier alpha value is -3.06. The fourth-order valence-corrected chi connectivity index (χ4v) is 4.49. The van der Waals surface area contributed by atoms with Gasteiger partial charge in [-0.3, -0.25) is 19.3 Å². The number of nitrogens with zero attached hydrogens (tertiary/aromatic N) is 2. The van der Waals surface area contributed by atoms with Gasteiger partial charge in [-0.05, 0) is 48.6 Å². The number of anilines is 1. The third-order valence-corrected chi connectivity index (χ3v) is 6.44. The number of nitrogens with one attached hydrogen (secondary N) is 1. The normalized spacial score (nSPS) is 14.3. The summed E-state index contributed by atoms with van der Waals surface area (Å²) < 4.78 is 1.05. The third-order valence-electron chi connectivity index (χ3n) is 5.50. The van der Waals surface area contributed by atoms with Gasteiger partial charge in [-0.15, -0.1) is 0 Å². The van der Waals surface area contributed by atoms with E-state index in [-0.39, 0.29) is 30.7 Å². The molecule has 0 saturated heterocycles. The molecule has 6 nitrogen and oxygen atoms in total. The number of hydrogen-bond donors (Lipinski definition) is 1. The fourth-order valence-electron chi connectivity index (χ4n) is 3.56. The van der Waals surface area contributed by atoms with Gasteiger partial charge >= 0.3 is 0 Å². The highest BCUT2D eigenvalue weighted by Gasteiger charge is 2.34. The van der Waals surface area contributed by atoms with Crippen LogP contribution in [-0.2, 0) is 4.79 Å². The highest BCUT2D eigenvalue weighted by Crippen LogP contribution is 2.30. The highest BCUT2D eigenvalue weighted by molar-refractivity contribution is 7.22. The number of rotatable bonds is 7. The molecule has 0 spiro atoms. The van der Waals surface area contributed by atoms with Crippen molar-refractivity contribution < 1.29 is 14.4 Å². The molecular formula is C23H23N3O3S. The summed E-state index contributed by atoms with van der Waals surface area (Å²) in [7, 11) is 0. The second-order valence-corrected chi connectivity index (χ2v) is 8.55. The minimum atomic E-state index is -0.292. The van der Waals surface area contributed by atoms with E-state index in [1.165, 1.54) is 21.8 Å². The van der Waals surface area contributed by atoms with Crippen LogP contribution in [0.3, 0.4) is 0 Å². The summed E-state index contributed by atoms with van der Waals surface area (Å²) in [6, 6.07) is 13.0. The van der Waals surface area contributed by atoms with E-state index in [0.717, 1.165) is 16.6 Å². The summed E-state index contributed by atoms with van der Waals surface area (Å²) >= 11 is 1.46. The van der Waals surface area contributed by atoms with Crippen LogP contribution in [-0.4, -0.2) is 34.2 Å². The Bertz CT molecular complexity index is 1100. The summed E-state index contributed by atoms with van der Waals surface area (Å²) in [5.41, 5.74) is 3.00. The molecule has 1 aromatic heterocycles. The molecule has 7 heteroatoms. The molecule has 4 rings (SSSR count). The number of carbonyl (C=O) groups is 3. The first-order valence-electron chi connectivity index (χ1n) is 10.1. The maximum Gasteiger partial charge on any atom is 0.261 e. The van der Waals surface area contributed by atoms with Gasteiger partial charge in [-0.1, -0.05) is 43.4 Å². The van der Waals surface area contributed by atoms with E-state index < -0.39 is 0 Å². The van der Waals surface area contributed by atoms with Gasteiger partial charge in [0.1, 0.15) is 0 Å². The lowest BCUT2D eigenvalue weighted by Crippen LogP contribution is -2.31. The van der Waals surface area contributed by atoms with Crippen molar-refractivity contribution in [3.63, 3.8) is 0 Å². The van der Waals surface area contributed by atoms with Gasteiger partial charge in [0, 0.05) is 13.0 Å². The first-order valence-corrected chi connectivity index (χ1v) is 10.9. The molecule has 2 aromatic carbocycles. The van der Waals surface area contributed by atoms with Gasteiger partial charge in [0.25, 0.3) is 11.8 Å². The second-order valence-electron chi connectivity index (χ2n) is 7.51. The molecule has 0 bridgehead atoms. The Kier molecular flexibility index (Phi) is 5.63. The van der Waals surface area contributed by atoms with Gasteiger partial charge in [-0.25, -0.2) is 4.98 Å². The molecule has 2 heterocycles. The van der Waals surface area contributed by atoms with Gasteiger partial charge in [0.2, 0.25) is 5.91 Å². The van der Waals surface area contributed by atoms with E-state index >= 15 is 0 Å². The predicted octanol–water partition coefficient (Wildman–Crippen LogP) is 4.82. The van der Waals surface area contributed by atoms with Crippen molar-refractivity contribution in [2.75, 3.05) is 11.9 Å². The molecule has 154 valence electrons. The average Bonchev–Trinajstić information content (AvgIpc) is 3.26. The molecule has 1 N–H and O–H groups in total. The lowest BCUT2D eigenvalue weighted by molar-refractivity contribution is -0.116. The van der Waals surface area contributed by atoms with Gasteiger partial charge in [-0.2, -0.15) is 0 Å². The molecule has 3 amide bonds. The van der Waals surface area contributed by atoms with E-state index in [2.05, 4.69) is 36.3 Å². The SMILES string of the molecule is CCC(C)c1ccc2nc(NC(=O)CCCN3C(=O)c4ccccc4C3=O)sc2c1. The monoisotopic (exact) mass is 421 g/mol. The van der Waals surface area contributed by atoms with E-state index in [0.29, 0.717) is 28.6 Å². The smallest absolute Gasteiger partial charge is 0.261 e. The van der Waals surface area contributed by atoms with Crippen molar-refractivity contribution >= 4 is 44.4 Å². The molecule has 0 saturated carbocycles. The van der Waals surface area contributed by atoms with Crippen molar-refractivity contribution in [2.24, 2.45) is 0 Å². The van der Waals surface area contributed by atoms with E-state index in [1.54, 1.807) is 24.3 Å². The number of aromatic nitrogens is 1. The molecule has 0 radical (unpaired) electrons. The van der Waals surface area contributed by atoms with E-state index in [4.69, 9.17) is 0 Å². The molecule has 1 unspecified atom stereocenters. The Morgan fingerprint density at radius 1 is 1.13 bits per heavy atom. The highest BCUT2D eigenvalue weighted by atomic mass is 32.1. The van der Waals surface area contributed by atoms with Crippen LogP contribution in [0.4, 0.5) is 5.13 Å². The van der Waals surface area contributed by atoms with Crippen molar-refractivity contribution in [1.82, 2.24) is 9.88 Å².